The van der Waals surface area contributed by atoms with Crippen LogP contribution in [0, 0.1) is 6.92 Å². The van der Waals surface area contributed by atoms with E-state index in [1.807, 2.05) is 49.4 Å². The molecule has 1 aliphatic heterocycles. The summed E-state index contributed by atoms with van der Waals surface area (Å²) in [7, 11) is 1.63. The summed E-state index contributed by atoms with van der Waals surface area (Å²) in [6, 6.07) is 13.2. The van der Waals surface area contributed by atoms with Gasteiger partial charge in [-0.15, -0.1) is 11.8 Å². The van der Waals surface area contributed by atoms with Crippen molar-refractivity contribution in [1.29, 1.82) is 0 Å². The average molecular weight is 401 g/mol. The number of likely N-dealkylation sites (N-methyl/N-ethyl adjacent to an activating group) is 1. The predicted molar refractivity (Wildman–Crippen MR) is 110 cm³/mol. The molecule has 1 heterocycles. The van der Waals surface area contributed by atoms with Crippen LogP contribution in [-0.2, 0) is 9.59 Å². The first-order chi connectivity index (χ1) is 13.5. The van der Waals surface area contributed by atoms with Crippen molar-refractivity contribution in [3.63, 3.8) is 0 Å². The Bertz CT molecular complexity index is 839. The summed E-state index contributed by atoms with van der Waals surface area (Å²) < 4.78 is 11.3. The van der Waals surface area contributed by atoms with Crippen molar-refractivity contribution in [2.24, 2.45) is 0 Å². The summed E-state index contributed by atoms with van der Waals surface area (Å²) in [5.41, 5.74) is 1.84. The van der Waals surface area contributed by atoms with Crippen LogP contribution in [-0.4, -0.2) is 49.3 Å². The van der Waals surface area contributed by atoms with Crippen LogP contribution in [0.15, 0.2) is 47.4 Å². The molecule has 0 bridgehead atoms. The highest BCUT2D eigenvalue weighted by molar-refractivity contribution is 8.00. The topological polar surface area (TPSA) is 67.9 Å². The molecule has 0 radical (unpaired) electrons. The van der Waals surface area contributed by atoms with Crippen molar-refractivity contribution >= 4 is 29.3 Å². The maximum atomic E-state index is 12.4. The van der Waals surface area contributed by atoms with Gasteiger partial charge in [-0.3, -0.25) is 9.59 Å². The number of nitrogens with one attached hydrogen (secondary N) is 1. The van der Waals surface area contributed by atoms with Gasteiger partial charge in [0, 0.05) is 24.1 Å². The number of nitrogens with zero attached hydrogens (tertiary/aromatic N) is 1. The number of aryl methyl sites for hydroxylation is 1. The maximum Gasteiger partial charge on any atom is 0.243 e. The summed E-state index contributed by atoms with van der Waals surface area (Å²) in [5, 5.41) is 2.80. The number of carbonyl (C=O) groups is 2. The fourth-order valence-corrected chi connectivity index (χ4v) is 3.49. The third-order valence-corrected chi connectivity index (χ3v) is 5.20. The first-order valence-corrected chi connectivity index (χ1v) is 10.1. The fourth-order valence-electron chi connectivity index (χ4n) is 2.63. The second-order valence-electron chi connectivity index (χ2n) is 6.61. The lowest BCUT2D eigenvalue weighted by molar-refractivity contribution is -0.131. The minimum absolute atomic E-state index is 0.00834. The molecular weight excluding hydrogens is 376 g/mol. The van der Waals surface area contributed by atoms with Gasteiger partial charge in [-0.1, -0.05) is 17.7 Å². The van der Waals surface area contributed by atoms with Crippen molar-refractivity contribution in [1.82, 2.24) is 4.90 Å². The molecular formula is C21H24N2O4S. The summed E-state index contributed by atoms with van der Waals surface area (Å²) in [5.74, 6) is 1.35. The van der Waals surface area contributed by atoms with E-state index in [4.69, 9.17) is 9.47 Å². The van der Waals surface area contributed by atoms with Crippen molar-refractivity contribution in [3.05, 3.63) is 48.0 Å². The van der Waals surface area contributed by atoms with Crippen molar-refractivity contribution < 1.29 is 19.1 Å². The van der Waals surface area contributed by atoms with E-state index in [1.54, 1.807) is 7.05 Å². The Morgan fingerprint density at radius 3 is 2.54 bits per heavy atom. The van der Waals surface area contributed by atoms with Gasteiger partial charge in [0.05, 0.1) is 25.5 Å². The number of amides is 2. The van der Waals surface area contributed by atoms with Crippen LogP contribution in [0.1, 0.15) is 12.0 Å². The first-order valence-electron chi connectivity index (χ1n) is 9.14. The number of carbonyl (C=O) groups excluding carboxylic acids is 2. The number of ether oxygens (including phenoxy) is 2. The van der Waals surface area contributed by atoms with E-state index in [1.165, 1.54) is 16.7 Å². The summed E-state index contributed by atoms with van der Waals surface area (Å²) in [4.78, 5) is 26.9. The molecule has 0 atom stereocenters. The second kappa shape index (κ2) is 9.50. The molecule has 1 aliphatic rings. The smallest absolute Gasteiger partial charge is 0.243 e. The minimum atomic E-state index is -0.222. The highest BCUT2D eigenvalue weighted by atomic mass is 32.2. The van der Waals surface area contributed by atoms with Gasteiger partial charge in [-0.25, -0.2) is 0 Å². The highest BCUT2D eigenvalue weighted by Crippen LogP contribution is 2.33. The van der Waals surface area contributed by atoms with E-state index in [2.05, 4.69) is 5.32 Å². The van der Waals surface area contributed by atoms with Crippen molar-refractivity contribution in [2.45, 2.75) is 18.2 Å². The van der Waals surface area contributed by atoms with Crippen LogP contribution in [0.3, 0.4) is 0 Å². The summed E-state index contributed by atoms with van der Waals surface area (Å²) in [6.07, 6.45) is 0.852. The maximum absolute atomic E-state index is 12.4. The zero-order valence-corrected chi connectivity index (χ0v) is 16.9. The second-order valence-corrected chi connectivity index (χ2v) is 7.66. The third-order valence-electron chi connectivity index (χ3n) is 4.22. The molecule has 0 fully saturated rings. The SMILES string of the molecule is Cc1ccc(NC(=O)CN(C)C(=O)CSc2ccc3c(c2)OCCCO3)cc1. The van der Waals surface area contributed by atoms with E-state index in [9.17, 15) is 9.59 Å². The van der Waals surface area contributed by atoms with Gasteiger partial charge in [0.1, 0.15) is 0 Å². The lowest BCUT2D eigenvalue weighted by atomic mass is 10.2. The third kappa shape index (κ3) is 5.66. The van der Waals surface area contributed by atoms with E-state index in [0.717, 1.165) is 28.3 Å². The monoisotopic (exact) mass is 400 g/mol. The van der Waals surface area contributed by atoms with E-state index < -0.39 is 0 Å². The lowest BCUT2D eigenvalue weighted by Gasteiger charge is -2.17. The van der Waals surface area contributed by atoms with E-state index >= 15 is 0 Å². The Hall–Kier alpha value is -2.67. The zero-order chi connectivity index (χ0) is 19.9. The fraction of sp³-hybridized carbons (Fsp3) is 0.333. The van der Waals surface area contributed by atoms with Crippen LogP contribution in [0.25, 0.3) is 0 Å². The van der Waals surface area contributed by atoms with Gasteiger partial charge >= 0.3 is 0 Å². The number of hydrogen-bond acceptors (Lipinski definition) is 5. The van der Waals surface area contributed by atoms with Crippen LogP contribution in [0.4, 0.5) is 5.69 Å². The molecule has 6 nitrogen and oxygen atoms in total. The molecule has 28 heavy (non-hydrogen) atoms. The van der Waals surface area contributed by atoms with E-state index in [0.29, 0.717) is 19.0 Å². The molecule has 2 amide bonds. The van der Waals surface area contributed by atoms with Crippen molar-refractivity contribution in [3.8, 4) is 11.5 Å². The van der Waals surface area contributed by atoms with Crippen LogP contribution in [0.2, 0.25) is 0 Å². The minimum Gasteiger partial charge on any atom is -0.490 e. The molecule has 0 aliphatic carbocycles. The molecule has 2 aromatic carbocycles. The Labute approximate surface area is 169 Å². The molecule has 0 spiro atoms. The zero-order valence-electron chi connectivity index (χ0n) is 16.1. The molecule has 0 saturated heterocycles. The predicted octanol–water partition coefficient (Wildman–Crippen LogP) is 3.35. The van der Waals surface area contributed by atoms with Crippen molar-refractivity contribution in [2.75, 3.05) is 37.9 Å². The van der Waals surface area contributed by atoms with Gasteiger partial charge < -0.3 is 19.7 Å². The number of anilines is 1. The molecule has 1 N–H and O–H groups in total. The van der Waals surface area contributed by atoms with Crippen LogP contribution >= 0.6 is 11.8 Å². The largest absolute Gasteiger partial charge is 0.490 e. The van der Waals surface area contributed by atoms with Gasteiger partial charge in [-0.05, 0) is 37.3 Å². The van der Waals surface area contributed by atoms with Gasteiger partial charge in [0.15, 0.2) is 11.5 Å². The standard InChI is InChI=1S/C21H24N2O4S/c1-15-4-6-16(7-5-15)22-20(24)13-23(2)21(25)14-28-17-8-9-18-19(12-17)27-11-3-10-26-18/h4-9,12H,3,10-11,13-14H2,1-2H3,(H,22,24). The van der Waals surface area contributed by atoms with Crippen LogP contribution < -0.4 is 14.8 Å². The quantitative estimate of drug-likeness (QED) is 0.754. The van der Waals surface area contributed by atoms with Crippen LogP contribution in [0.5, 0.6) is 11.5 Å². The number of hydrogen-bond donors (Lipinski definition) is 1. The Balaban J connectivity index is 1.48. The number of fused-ring (bicyclic) bond motifs is 1. The molecule has 0 aromatic heterocycles. The molecule has 7 heteroatoms. The number of rotatable bonds is 6. The molecule has 0 unspecified atom stereocenters. The van der Waals surface area contributed by atoms with Gasteiger partial charge in [-0.2, -0.15) is 0 Å². The first kappa shape index (κ1) is 20.1. The molecule has 3 rings (SSSR count). The highest BCUT2D eigenvalue weighted by Gasteiger charge is 2.15. The van der Waals surface area contributed by atoms with Gasteiger partial charge in [0.2, 0.25) is 11.8 Å². The number of thioether (sulfide) groups is 1. The normalized spacial score (nSPS) is 12.8. The van der Waals surface area contributed by atoms with Gasteiger partial charge in [0.25, 0.3) is 0 Å². The summed E-state index contributed by atoms with van der Waals surface area (Å²) >= 11 is 1.41. The molecule has 2 aromatic rings. The number of benzene rings is 2. The summed E-state index contributed by atoms with van der Waals surface area (Å²) in [6.45, 7) is 3.26. The average Bonchev–Trinajstić information content (AvgIpc) is 2.92. The molecule has 0 saturated carbocycles. The Kier molecular flexibility index (Phi) is 6.81. The Morgan fingerprint density at radius 2 is 1.79 bits per heavy atom. The lowest BCUT2D eigenvalue weighted by Crippen LogP contribution is -2.35. The molecule has 148 valence electrons. The Morgan fingerprint density at radius 1 is 1.07 bits per heavy atom. The van der Waals surface area contributed by atoms with E-state index in [-0.39, 0.29) is 24.1 Å².